The summed E-state index contributed by atoms with van der Waals surface area (Å²) >= 11 is 0. The van der Waals surface area contributed by atoms with Gasteiger partial charge in [0.2, 0.25) is 0 Å². The van der Waals surface area contributed by atoms with Crippen molar-refractivity contribution in [1.82, 2.24) is 20.0 Å². The summed E-state index contributed by atoms with van der Waals surface area (Å²) in [5.41, 5.74) is 2.58. The minimum absolute atomic E-state index is 0.0541. The Kier molecular flexibility index (Phi) is 3.54. The Balaban J connectivity index is 1.75. The smallest absolute Gasteiger partial charge is 0.255 e. The standard InChI is InChI=1S/C15H24N4O/c1-4-19-11(3)14(10(2)17-19)15(20)16-13-9-18-7-5-12(13)6-8-18/h12-13H,4-9H2,1-3H3,(H,16,20). The van der Waals surface area contributed by atoms with Crippen LogP contribution in [0.4, 0.5) is 0 Å². The summed E-state index contributed by atoms with van der Waals surface area (Å²) in [5, 5.41) is 7.69. The Bertz CT molecular complexity index is 514. The van der Waals surface area contributed by atoms with E-state index in [2.05, 4.69) is 22.2 Å². The Hall–Kier alpha value is -1.36. The van der Waals surface area contributed by atoms with E-state index in [4.69, 9.17) is 0 Å². The van der Waals surface area contributed by atoms with Crippen molar-refractivity contribution in [3.63, 3.8) is 0 Å². The van der Waals surface area contributed by atoms with Gasteiger partial charge in [0.05, 0.1) is 11.3 Å². The predicted octanol–water partition coefficient (Wildman–Crippen LogP) is 1.34. The van der Waals surface area contributed by atoms with Crippen LogP contribution in [0.3, 0.4) is 0 Å². The molecule has 1 unspecified atom stereocenters. The zero-order valence-electron chi connectivity index (χ0n) is 12.6. The van der Waals surface area contributed by atoms with Crippen molar-refractivity contribution in [2.45, 2.75) is 46.2 Å². The molecular weight excluding hydrogens is 252 g/mol. The fourth-order valence-corrected chi connectivity index (χ4v) is 3.70. The fourth-order valence-electron chi connectivity index (χ4n) is 3.70. The van der Waals surface area contributed by atoms with E-state index in [1.165, 1.54) is 25.9 Å². The van der Waals surface area contributed by atoms with E-state index in [-0.39, 0.29) is 5.91 Å². The molecule has 0 saturated carbocycles. The quantitative estimate of drug-likeness (QED) is 0.906. The molecule has 0 aromatic carbocycles. The highest BCUT2D eigenvalue weighted by molar-refractivity contribution is 5.96. The number of piperidine rings is 3. The van der Waals surface area contributed by atoms with E-state index in [9.17, 15) is 4.79 Å². The van der Waals surface area contributed by atoms with Gasteiger partial charge in [0.25, 0.3) is 5.91 Å². The summed E-state index contributed by atoms with van der Waals surface area (Å²) in [4.78, 5) is 15.0. The molecule has 3 saturated heterocycles. The number of aromatic nitrogens is 2. The summed E-state index contributed by atoms with van der Waals surface area (Å²) in [5.74, 6) is 0.712. The number of aryl methyl sites for hydroxylation is 2. The molecule has 110 valence electrons. The minimum Gasteiger partial charge on any atom is -0.348 e. The number of fused-ring (bicyclic) bond motifs is 3. The number of amides is 1. The van der Waals surface area contributed by atoms with Crippen LogP contribution in [0.2, 0.25) is 0 Å². The molecule has 0 aliphatic carbocycles. The molecule has 1 amide bonds. The Morgan fingerprint density at radius 3 is 2.55 bits per heavy atom. The van der Waals surface area contributed by atoms with Crippen molar-refractivity contribution >= 4 is 5.91 Å². The first-order valence-electron chi connectivity index (χ1n) is 7.67. The van der Waals surface area contributed by atoms with E-state index in [0.29, 0.717) is 12.0 Å². The topological polar surface area (TPSA) is 50.2 Å². The first-order valence-corrected chi connectivity index (χ1v) is 7.67. The highest BCUT2D eigenvalue weighted by Crippen LogP contribution is 2.28. The number of carbonyl (C=O) groups is 1. The first kappa shape index (κ1) is 13.6. The van der Waals surface area contributed by atoms with Gasteiger partial charge in [-0.2, -0.15) is 5.10 Å². The maximum Gasteiger partial charge on any atom is 0.255 e. The van der Waals surface area contributed by atoms with Crippen molar-refractivity contribution in [3.05, 3.63) is 17.0 Å². The van der Waals surface area contributed by atoms with Gasteiger partial charge in [-0.15, -0.1) is 0 Å². The second-order valence-electron chi connectivity index (χ2n) is 6.08. The summed E-state index contributed by atoms with van der Waals surface area (Å²) in [6, 6.07) is 0.314. The Labute approximate surface area is 120 Å². The molecule has 0 radical (unpaired) electrons. The van der Waals surface area contributed by atoms with Crippen LogP contribution in [0, 0.1) is 19.8 Å². The van der Waals surface area contributed by atoms with Crippen LogP contribution in [0.1, 0.15) is 41.5 Å². The third kappa shape index (κ3) is 2.24. The second kappa shape index (κ2) is 5.20. The van der Waals surface area contributed by atoms with Gasteiger partial charge in [-0.25, -0.2) is 0 Å². The molecule has 5 heteroatoms. The highest BCUT2D eigenvalue weighted by Gasteiger charge is 2.35. The Morgan fingerprint density at radius 1 is 1.35 bits per heavy atom. The van der Waals surface area contributed by atoms with Gasteiger partial charge >= 0.3 is 0 Å². The SMILES string of the molecule is CCn1nc(C)c(C(=O)NC2CN3CCC2CC3)c1C. The number of carbonyl (C=O) groups excluding carboxylic acids is 1. The van der Waals surface area contributed by atoms with Crippen LogP contribution in [-0.2, 0) is 6.54 Å². The maximum absolute atomic E-state index is 12.6. The van der Waals surface area contributed by atoms with Crippen molar-refractivity contribution in [2.75, 3.05) is 19.6 Å². The molecule has 5 nitrogen and oxygen atoms in total. The van der Waals surface area contributed by atoms with E-state index >= 15 is 0 Å². The molecular formula is C15H24N4O. The van der Waals surface area contributed by atoms with Crippen LogP contribution in [0.25, 0.3) is 0 Å². The van der Waals surface area contributed by atoms with Gasteiger partial charge in [-0.3, -0.25) is 9.48 Å². The monoisotopic (exact) mass is 276 g/mol. The van der Waals surface area contributed by atoms with Crippen molar-refractivity contribution < 1.29 is 4.79 Å². The molecule has 1 aromatic heterocycles. The minimum atomic E-state index is 0.0541. The lowest BCUT2D eigenvalue weighted by Gasteiger charge is -2.44. The van der Waals surface area contributed by atoms with Crippen LogP contribution < -0.4 is 5.32 Å². The summed E-state index contributed by atoms with van der Waals surface area (Å²) in [6.45, 7) is 10.2. The fraction of sp³-hybridized carbons (Fsp3) is 0.733. The lowest BCUT2D eigenvalue weighted by Crippen LogP contribution is -2.57. The lowest BCUT2D eigenvalue weighted by molar-refractivity contribution is 0.0619. The maximum atomic E-state index is 12.6. The van der Waals surface area contributed by atoms with E-state index in [1.807, 2.05) is 18.5 Å². The molecule has 20 heavy (non-hydrogen) atoms. The molecule has 3 aliphatic heterocycles. The molecule has 1 atom stereocenters. The molecule has 1 N–H and O–H groups in total. The third-order valence-electron chi connectivity index (χ3n) is 4.88. The first-order chi connectivity index (χ1) is 9.60. The summed E-state index contributed by atoms with van der Waals surface area (Å²) in [6.07, 6.45) is 2.44. The summed E-state index contributed by atoms with van der Waals surface area (Å²) < 4.78 is 1.90. The van der Waals surface area contributed by atoms with E-state index < -0.39 is 0 Å². The van der Waals surface area contributed by atoms with Gasteiger partial charge in [-0.05, 0) is 52.6 Å². The normalized spacial score (nSPS) is 28.6. The van der Waals surface area contributed by atoms with Crippen LogP contribution >= 0.6 is 0 Å². The number of hydrogen-bond donors (Lipinski definition) is 1. The average Bonchev–Trinajstić information content (AvgIpc) is 2.74. The molecule has 3 fully saturated rings. The van der Waals surface area contributed by atoms with Gasteiger partial charge in [0.1, 0.15) is 0 Å². The van der Waals surface area contributed by atoms with Crippen LogP contribution in [-0.4, -0.2) is 46.3 Å². The zero-order chi connectivity index (χ0) is 14.3. The summed E-state index contributed by atoms with van der Waals surface area (Å²) in [7, 11) is 0. The van der Waals surface area contributed by atoms with Crippen molar-refractivity contribution in [2.24, 2.45) is 5.92 Å². The molecule has 4 rings (SSSR count). The van der Waals surface area contributed by atoms with Crippen molar-refractivity contribution in [3.8, 4) is 0 Å². The zero-order valence-corrected chi connectivity index (χ0v) is 12.6. The van der Waals surface area contributed by atoms with E-state index in [1.54, 1.807) is 0 Å². The van der Waals surface area contributed by atoms with Crippen LogP contribution in [0.5, 0.6) is 0 Å². The largest absolute Gasteiger partial charge is 0.348 e. The van der Waals surface area contributed by atoms with Crippen LogP contribution in [0.15, 0.2) is 0 Å². The molecule has 3 aliphatic rings. The number of nitrogens with one attached hydrogen (secondary N) is 1. The number of nitrogens with zero attached hydrogens (tertiary/aromatic N) is 3. The molecule has 0 spiro atoms. The van der Waals surface area contributed by atoms with Crippen molar-refractivity contribution in [1.29, 1.82) is 0 Å². The lowest BCUT2D eigenvalue weighted by atomic mass is 9.84. The third-order valence-corrected chi connectivity index (χ3v) is 4.88. The molecule has 4 heterocycles. The highest BCUT2D eigenvalue weighted by atomic mass is 16.1. The average molecular weight is 276 g/mol. The predicted molar refractivity (Wildman–Crippen MR) is 77.8 cm³/mol. The van der Waals surface area contributed by atoms with Gasteiger partial charge < -0.3 is 10.2 Å². The Morgan fingerprint density at radius 2 is 2.05 bits per heavy atom. The van der Waals surface area contributed by atoms with E-state index in [0.717, 1.165) is 30.0 Å². The van der Waals surface area contributed by atoms with Gasteiger partial charge in [0, 0.05) is 24.8 Å². The van der Waals surface area contributed by atoms with Gasteiger partial charge in [0.15, 0.2) is 0 Å². The number of rotatable bonds is 3. The number of hydrogen-bond acceptors (Lipinski definition) is 3. The molecule has 1 aromatic rings. The van der Waals surface area contributed by atoms with Gasteiger partial charge in [-0.1, -0.05) is 0 Å². The molecule has 2 bridgehead atoms. The second-order valence-corrected chi connectivity index (χ2v) is 6.08.